The van der Waals surface area contributed by atoms with Crippen LogP contribution in [-0.4, -0.2) is 32.5 Å². The number of nitrogens with zero attached hydrogens (tertiary/aromatic N) is 4. The predicted octanol–water partition coefficient (Wildman–Crippen LogP) is 1.98. The van der Waals surface area contributed by atoms with Crippen molar-refractivity contribution in [3.8, 4) is 6.07 Å². The van der Waals surface area contributed by atoms with Crippen LogP contribution in [0.5, 0.6) is 0 Å². The summed E-state index contributed by atoms with van der Waals surface area (Å²) >= 11 is 0. The number of pyridine rings is 1. The summed E-state index contributed by atoms with van der Waals surface area (Å²) < 4.78 is 0. The molecular weight excluding hydrogens is 266 g/mol. The molecule has 0 saturated carbocycles. The number of carbonyl (C=O) groups excluding carboxylic acids is 1. The fourth-order valence-electron chi connectivity index (χ4n) is 2.17. The number of aryl methyl sites for hydroxylation is 2. The molecule has 0 fully saturated rings. The minimum Gasteiger partial charge on any atom is -0.333 e. The van der Waals surface area contributed by atoms with Crippen LogP contribution in [0.15, 0.2) is 24.5 Å². The maximum absolute atomic E-state index is 12.7. The zero-order valence-electron chi connectivity index (χ0n) is 12.1. The number of aromatic nitrogens is 3. The van der Waals surface area contributed by atoms with Crippen molar-refractivity contribution in [2.45, 2.75) is 26.8 Å². The van der Waals surface area contributed by atoms with Gasteiger partial charge in [0, 0.05) is 31.2 Å². The number of nitriles is 1. The standard InChI is InChI=1S/C15H17N5O/c1-11-14(12(2)19-18-11)15(21)20(8-4-6-16)10-13-5-3-7-17-9-13/h3,5,7,9H,4,8,10H2,1-2H3,(H,18,19). The summed E-state index contributed by atoms with van der Waals surface area (Å²) in [5, 5.41) is 15.7. The largest absolute Gasteiger partial charge is 0.333 e. The van der Waals surface area contributed by atoms with Gasteiger partial charge in [-0.05, 0) is 25.5 Å². The van der Waals surface area contributed by atoms with Crippen molar-refractivity contribution in [1.29, 1.82) is 5.26 Å². The molecular formula is C15H17N5O. The minimum atomic E-state index is -0.113. The number of H-pyrrole nitrogens is 1. The van der Waals surface area contributed by atoms with Crippen LogP contribution in [0.4, 0.5) is 0 Å². The van der Waals surface area contributed by atoms with E-state index in [9.17, 15) is 4.79 Å². The van der Waals surface area contributed by atoms with Gasteiger partial charge in [0.25, 0.3) is 5.91 Å². The van der Waals surface area contributed by atoms with Gasteiger partial charge in [0.05, 0.1) is 23.7 Å². The number of rotatable bonds is 5. The first-order chi connectivity index (χ1) is 10.1. The number of hydrogen-bond acceptors (Lipinski definition) is 4. The van der Waals surface area contributed by atoms with E-state index in [-0.39, 0.29) is 5.91 Å². The van der Waals surface area contributed by atoms with E-state index in [1.165, 1.54) is 0 Å². The van der Waals surface area contributed by atoms with Crippen molar-refractivity contribution in [2.24, 2.45) is 0 Å². The maximum Gasteiger partial charge on any atom is 0.257 e. The Bertz CT molecular complexity index is 637. The molecule has 0 aromatic carbocycles. The van der Waals surface area contributed by atoms with Gasteiger partial charge in [0.1, 0.15) is 0 Å². The van der Waals surface area contributed by atoms with Crippen LogP contribution in [-0.2, 0) is 6.54 Å². The highest BCUT2D eigenvalue weighted by molar-refractivity contribution is 5.96. The first kappa shape index (κ1) is 14.7. The topological polar surface area (TPSA) is 85.7 Å². The van der Waals surface area contributed by atoms with Gasteiger partial charge < -0.3 is 4.90 Å². The lowest BCUT2D eigenvalue weighted by atomic mass is 10.1. The third-order valence-electron chi connectivity index (χ3n) is 3.22. The third-order valence-corrected chi connectivity index (χ3v) is 3.22. The molecule has 0 radical (unpaired) electrons. The van der Waals surface area contributed by atoms with Gasteiger partial charge in [-0.15, -0.1) is 0 Å². The Morgan fingerprint density at radius 1 is 1.48 bits per heavy atom. The molecule has 2 rings (SSSR count). The second-order valence-electron chi connectivity index (χ2n) is 4.81. The predicted molar refractivity (Wildman–Crippen MR) is 77.3 cm³/mol. The number of hydrogen-bond donors (Lipinski definition) is 1. The SMILES string of the molecule is Cc1n[nH]c(C)c1C(=O)N(CCC#N)Cc1cccnc1. The molecule has 2 aromatic heterocycles. The minimum absolute atomic E-state index is 0.113. The fourth-order valence-corrected chi connectivity index (χ4v) is 2.17. The van der Waals surface area contributed by atoms with E-state index in [1.54, 1.807) is 24.2 Å². The molecule has 2 heterocycles. The Hall–Kier alpha value is -2.68. The van der Waals surface area contributed by atoms with Crippen molar-refractivity contribution in [3.63, 3.8) is 0 Å². The summed E-state index contributed by atoms with van der Waals surface area (Å²) in [5.74, 6) is -0.113. The lowest BCUT2D eigenvalue weighted by Crippen LogP contribution is -2.32. The molecule has 108 valence electrons. The molecule has 0 aliphatic heterocycles. The highest BCUT2D eigenvalue weighted by Gasteiger charge is 2.21. The molecule has 0 saturated heterocycles. The molecule has 0 aliphatic rings. The summed E-state index contributed by atoms with van der Waals surface area (Å²) in [6.07, 6.45) is 3.71. The van der Waals surface area contributed by atoms with E-state index in [0.29, 0.717) is 30.8 Å². The first-order valence-corrected chi connectivity index (χ1v) is 6.70. The molecule has 2 aromatic rings. The van der Waals surface area contributed by atoms with Crippen molar-refractivity contribution >= 4 is 5.91 Å². The molecule has 21 heavy (non-hydrogen) atoms. The lowest BCUT2D eigenvalue weighted by Gasteiger charge is -2.21. The van der Waals surface area contributed by atoms with Crippen LogP contribution in [0.1, 0.15) is 33.7 Å². The van der Waals surface area contributed by atoms with E-state index in [4.69, 9.17) is 5.26 Å². The second kappa shape index (κ2) is 6.66. The van der Waals surface area contributed by atoms with E-state index in [1.807, 2.05) is 19.1 Å². The van der Waals surface area contributed by atoms with Crippen LogP contribution in [0, 0.1) is 25.2 Å². The summed E-state index contributed by atoms with van der Waals surface area (Å²) in [7, 11) is 0. The molecule has 0 bridgehead atoms. The van der Waals surface area contributed by atoms with Crippen molar-refractivity contribution in [3.05, 3.63) is 47.0 Å². The van der Waals surface area contributed by atoms with Crippen molar-refractivity contribution in [2.75, 3.05) is 6.54 Å². The van der Waals surface area contributed by atoms with Crippen LogP contribution in [0.3, 0.4) is 0 Å². The van der Waals surface area contributed by atoms with Crippen LogP contribution < -0.4 is 0 Å². The fraction of sp³-hybridized carbons (Fsp3) is 0.333. The first-order valence-electron chi connectivity index (χ1n) is 6.70. The average Bonchev–Trinajstić information content (AvgIpc) is 2.83. The van der Waals surface area contributed by atoms with Gasteiger partial charge in [-0.3, -0.25) is 14.9 Å². The Morgan fingerprint density at radius 2 is 2.29 bits per heavy atom. The quantitative estimate of drug-likeness (QED) is 0.909. The van der Waals surface area contributed by atoms with Gasteiger partial charge in [-0.25, -0.2) is 0 Å². The number of nitrogens with one attached hydrogen (secondary N) is 1. The molecule has 0 aliphatic carbocycles. The number of carbonyl (C=O) groups is 1. The molecule has 1 amide bonds. The van der Waals surface area contributed by atoms with Crippen LogP contribution in [0.2, 0.25) is 0 Å². The monoisotopic (exact) mass is 283 g/mol. The lowest BCUT2D eigenvalue weighted by molar-refractivity contribution is 0.0745. The van der Waals surface area contributed by atoms with Crippen LogP contribution >= 0.6 is 0 Å². The molecule has 0 spiro atoms. The van der Waals surface area contributed by atoms with Gasteiger partial charge in [0.15, 0.2) is 0 Å². The van der Waals surface area contributed by atoms with Gasteiger partial charge >= 0.3 is 0 Å². The number of aromatic amines is 1. The average molecular weight is 283 g/mol. The van der Waals surface area contributed by atoms with Gasteiger partial charge in [-0.1, -0.05) is 6.07 Å². The zero-order chi connectivity index (χ0) is 15.2. The summed E-state index contributed by atoms with van der Waals surface area (Å²) in [4.78, 5) is 18.4. The Kier molecular flexibility index (Phi) is 4.67. The number of amides is 1. The molecule has 6 nitrogen and oxygen atoms in total. The van der Waals surface area contributed by atoms with Crippen molar-refractivity contribution < 1.29 is 4.79 Å². The Morgan fingerprint density at radius 3 is 2.86 bits per heavy atom. The van der Waals surface area contributed by atoms with Gasteiger partial charge in [-0.2, -0.15) is 10.4 Å². The Balaban J connectivity index is 2.24. The van der Waals surface area contributed by atoms with E-state index in [0.717, 1.165) is 11.3 Å². The normalized spacial score (nSPS) is 10.1. The second-order valence-corrected chi connectivity index (χ2v) is 4.81. The maximum atomic E-state index is 12.7. The van der Waals surface area contributed by atoms with Gasteiger partial charge in [0.2, 0.25) is 0 Å². The highest BCUT2D eigenvalue weighted by Crippen LogP contribution is 2.15. The van der Waals surface area contributed by atoms with Crippen LogP contribution in [0.25, 0.3) is 0 Å². The smallest absolute Gasteiger partial charge is 0.257 e. The molecule has 0 atom stereocenters. The summed E-state index contributed by atoms with van der Waals surface area (Å²) in [6.45, 7) is 4.43. The van der Waals surface area contributed by atoms with E-state index < -0.39 is 0 Å². The molecule has 0 unspecified atom stereocenters. The highest BCUT2D eigenvalue weighted by atomic mass is 16.2. The third kappa shape index (κ3) is 3.45. The van der Waals surface area contributed by atoms with E-state index in [2.05, 4.69) is 21.3 Å². The summed E-state index contributed by atoms with van der Waals surface area (Å²) in [5.41, 5.74) is 2.93. The summed E-state index contributed by atoms with van der Waals surface area (Å²) in [6, 6.07) is 5.82. The Labute approximate surface area is 123 Å². The zero-order valence-corrected chi connectivity index (χ0v) is 12.1. The molecule has 6 heteroatoms. The van der Waals surface area contributed by atoms with Crippen molar-refractivity contribution in [1.82, 2.24) is 20.1 Å². The van der Waals surface area contributed by atoms with E-state index >= 15 is 0 Å². The molecule has 1 N–H and O–H groups in total.